The molecular formula is C13H18BrClNNaO3. The molecule has 0 atom stereocenters. The molecule has 7 heteroatoms. The second-order valence-electron chi connectivity index (χ2n) is 4.40. The van der Waals surface area contributed by atoms with Crippen molar-refractivity contribution >= 4 is 34.3 Å². The smallest absolute Gasteiger partial charge is 1.00 e. The van der Waals surface area contributed by atoms with Crippen LogP contribution in [-0.4, -0.2) is 30.3 Å². The second kappa shape index (κ2) is 10.0. The molecule has 1 saturated heterocycles. The van der Waals surface area contributed by atoms with Gasteiger partial charge >= 0.3 is 35.5 Å². The van der Waals surface area contributed by atoms with Crippen molar-refractivity contribution in [2.45, 2.75) is 25.4 Å². The fourth-order valence-corrected chi connectivity index (χ4v) is 2.54. The Morgan fingerprint density at radius 2 is 2.10 bits per heavy atom. The number of hydrogen-bond acceptors (Lipinski definition) is 3. The summed E-state index contributed by atoms with van der Waals surface area (Å²) in [6, 6.07) is 5.45. The maximum absolute atomic E-state index is 10.6. The summed E-state index contributed by atoms with van der Waals surface area (Å²) in [5, 5.41) is 12.0. The van der Waals surface area contributed by atoms with E-state index in [1.165, 1.54) is 0 Å². The Hall–Kier alpha value is 0.220. The quantitative estimate of drug-likeness (QED) is 0.714. The molecule has 1 aliphatic rings. The first-order valence-electron chi connectivity index (χ1n) is 6.03. The molecule has 2 N–H and O–H groups in total. The SMILES string of the molecule is Cl.O=C(O)Cc1ccc(OC2CCNCC2)c(Br)c1.[H-].[Na+]. The third-order valence-corrected chi connectivity index (χ3v) is 3.55. The number of piperidine rings is 1. The predicted octanol–water partition coefficient (Wildman–Crippen LogP) is -0.255. The third-order valence-electron chi connectivity index (χ3n) is 2.93. The van der Waals surface area contributed by atoms with Gasteiger partial charge in [-0.3, -0.25) is 4.79 Å². The monoisotopic (exact) mass is 373 g/mol. The third kappa shape index (κ3) is 6.33. The summed E-state index contributed by atoms with van der Waals surface area (Å²) < 4.78 is 6.73. The van der Waals surface area contributed by atoms with Crippen LogP contribution in [0.4, 0.5) is 0 Å². The van der Waals surface area contributed by atoms with Gasteiger partial charge in [-0.25, -0.2) is 0 Å². The minimum Gasteiger partial charge on any atom is -1.00 e. The molecule has 0 saturated carbocycles. The fourth-order valence-electron chi connectivity index (χ4n) is 2.02. The van der Waals surface area contributed by atoms with Gasteiger partial charge in [0.1, 0.15) is 11.9 Å². The van der Waals surface area contributed by atoms with E-state index in [-0.39, 0.29) is 55.9 Å². The van der Waals surface area contributed by atoms with Crippen LogP contribution in [0.25, 0.3) is 0 Å². The zero-order valence-corrected chi connectivity index (χ0v) is 15.8. The van der Waals surface area contributed by atoms with Crippen LogP contribution in [0.2, 0.25) is 0 Å². The summed E-state index contributed by atoms with van der Waals surface area (Å²) in [7, 11) is 0. The van der Waals surface area contributed by atoms with Crippen LogP contribution < -0.4 is 39.6 Å². The molecule has 4 nitrogen and oxygen atoms in total. The molecule has 1 heterocycles. The van der Waals surface area contributed by atoms with E-state index >= 15 is 0 Å². The Morgan fingerprint density at radius 1 is 1.45 bits per heavy atom. The average molecular weight is 375 g/mol. The number of ether oxygens (including phenoxy) is 1. The van der Waals surface area contributed by atoms with Gasteiger partial charge in [-0.15, -0.1) is 12.4 Å². The van der Waals surface area contributed by atoms with Gasteiger partial charge in [0, 0.05) is 0 Å². The van der Waals surface area contributed by atoms with Crippen molar-refractivity contribution in [2.75, 3.05) is 13.1 Å². The molecule has 0 bridgehead atoms. The molecule has 20 heavy (non-hydrogen) atoms. The Bertz CT molecular complexity index is 447. The first kappa shape index (κ1) is 20.2. The molecule has 0 unspecified atom stereocenters. The molecule has 1 aliphatic heterocycles. The number of carbonyl (C=O) groups is 1. The molecule has 1 fully saturated rings. The van der Waals surface area contributed by atoms with E-state index in [9.17, 15) is 4.79 Å². The van der Waals surface area contributed by atoms with Gasteiger partial charge < -0.3 is 16.6 Å². The van der Waals surface area contributed by atoms with Crippen molar-refractivity contribution in [1.82, 2.24) is 5.32 Å². The van der Waals surface area contributed by atoms with Crippen molar-refractivity contribution in [3.63, 3.8) is 0 Å². The van der Waals surface area contributed by atoms with Gasteiger partial charge in [0.2, 0.25) is 0 Å². The summed E-state index contributed by atoms with van der Waals surface area (Å²) >= 11 is 3.43. The van der Waals surface area contributed by atoms with E-state index in [4.69, 9.17) is 9.84 Å². The standard InChI is InChI=1S/C13H16BrNO3.ClH.Na.H/c14-11-7-9(8-13(16)17)1-2-12(11)18-10-3-5-15-6-4-10;;;/h1-2,7,10,15H,3-6,8H2,(H,16,17);1H;;/q;;+1;-1. The molecule has 0 amide bonds. The number of carboxylic acids is 1. The van der Waals surface area contributed by atoms with E-state index in [2.05, 4.69) is 21.2 Å². The van der Waals surface area contributed by atoms with Crippen molar-refractivity contribution < 1.29 is 45.6 Å². The molecule has 108 valence electrons. The van der Waals surface area contributed by atoms with E-state index in [1.807, 2.05) is 12.1 Å². The Balaban J connectivity index is 0. The Kier molecular flexibility index (Phi) is 10.1. The summed E-state index contributed by atoms with van der Waals surface area (Å²) in [6.07, 6.45) is 2.28. The van der Waals surface area contributed by atoms with Gasteiger partial charge in [0.25, 0.3) is 0 Å². The minimum atomic E-state index is -0.825. The number of carboxylic acid groups (broad SMARTS) is 1. The average Bonchev–Trinajstić information content (AvgIpc) is 2.33. The van der Waals surface area contributed by atoms with E-state index in [0.29, 0.717) is 0 Å². The van der Waals surface area contributed by atoms with Crippen LogP contribution in [0.3, 0.4) is 0 Å². The van der Waals surface area contributed by atoms with Crippen LogP contribution in [0.5, 0.6) is 5.75 Å². The van der Waals surface area contributed by atoms with Gasteiger partial charge in [0.05, 0.1) is 10.9 Å². The van der Waals surface area contributed by atoms with Crippen LogP contribution in [0, 0.1) is 0 Å². The Labute approximate surface area is 157 Å². The number of benzene rings is 1. The van der Waals surface area contributed by atoms with Crippen molar-refractivity contribution in [3.05, 3.63) is 28.2 Å². The molecule has 2 rings (SSSR count). The van der Waals surface area contributed by atoms with Crippen molar-refractivity contribution in [2.24, 2.45) is 0 Å². The maximum atomic E-state index is 10.6. The van der Waals surface area contributed by atoms with Crippen molar-refractivity contribution in [3.8, 4) is 5.75 Å². The predicted molar refractivity (Wildman–Crippen MR) is 80.4 cm³/mol. The van der Waals surface area contributed by atoms with E-state index in [0.717, 1.165) is 41.7 Å². The first-order valence-corrected chi connectivity index (χ1v) is 6.82. The van der Waals surface area contributed by atoms with Gasteiger partial charge in [-0.1, -0.05) is 6.07 Å². The van der Waals surface area contributed by atoms with E-state index in [1.54, 1.807) is 6.07 Å². The number of halogens is 2. The fraction of sp³-hybridized carbons (Fsp3) is 0.462. The summed E-state index contributed by atoms with van der Waals surface area (Å²) in [4.78, 5) is 10.6. The molecule has 0 aromatic heterocycles. The van der Waals surface area contributed by atoms with Crippen LogP contribution in [0.1, 0.15) is 19.8 Å². The molecule has 1 aromatic rings. The molecule has 0 spiro atoms. The zero-order valence-electron chi connectivity index (χ0n) is 12.4. The Morgan fingerprint density at radius 3 is 2.65 bits per heavy atom. The van der Waals surface area contributed by atoms with Gasteiger partial charge in [0.15, 0.2) is 0 Å². The summed E-state index contributed by atoms with van der Waals surface area (Å²) in [5.74, 6) is -0.0371. The second-order valence-corrected chi connectivity index (χ2v) is 5.26. The van der Waals surface area contributed by atoms with Gasteiger partial charge in [-0.2, -0.15) is 0 Å². The number of nitrogens with one attached hydrogen (secondary N) is 1. The van der Waals surface area contributed by atoms with E-state index < -0.39 is 5.97 Å². The van der Waals surface area contributed by atoms with Crippen LogP contribution >= 0.6 is 28.3 Å². The maximum Gasteiger partial charge on any atom is 1.00 e. The normalized spacial score (nSPS) is 14.8. The number of rotatable bonds is 4. The topological polar surface area (TPSA) is 58.6 Å². The molecule has 1 aromatic carbocycles. The number of aliphatic carboxylic acids is 1. The zero-order chi connectivity index (χ0) is 13.0. The number of hydrogen-bond donors (Lipinski definition) is 2. The minimum absolute atomic E-state index is 0. The molecular weight excluding hydrogens is 356 g/mol. The largest absolute Gasteiger partial charge is 1.00 e. The van der Waals surface area contributed by atoms with Crippen LogP contribution in [-0.2, 0) is 11.2 Å². The van der Waals surface area contributed by atoms with Gasteiger partial charge in [-0.05, 0) is 59.6 Å². The van der Waals surface area contributed by atoms with Crippen molar-refractivity contribution in [1.29, 1.82) is 0 Å². The summed E-state index contributed by atoms with van der Waals surface area (Å²) in [5.41, 5.74) is 0.770. The molecule has 0 radical (unpaired) electrons. The van der Waals surface area contributed by atoms with Crippen LogP contribution in [0.15, 0.2) is 22.7 Å². The first-order chi connectivity index (χ1) is 8.65. The molecule has 0 aliphatic carbocycles. The summed E-state index contributed by atoms with van der Waals surface area (Å²) in [6.45, 7) is 1.97.